The van der Waals surface area contributed by atoms with Crippen molar-refractivity contribution in [3.63, 3.8) is 0 Å². The van der Waals surface area contributed by atoms with E-state index in [9.17, 15) is 0 Å². The number of aromatic nitrogens is 2. The van der Waals surface area contributed by atoms with Gasteiger partial charge in [0.2, 0.25) is 0 Å². The molecule has 0 fully saturated rings. The molecule has 0 saturated carbocycles. The molecule has 2 N–H and O–H groups in total. The molecular formula is C14H17N3. The molecule has 0 radical (unpaired) electrons. The zero-order chi connectivity index (χ0) is 11.8. The maximum absolute atomic E-state index is 6.05. The summed E-state index contributed by atoms with van der Waals surface area (Å²) in [4.78, 5) is 4.57. The van der Waals surface area contributed by atoms with Gasteiger partial charge >= 0.3 is 0 Å². The first-order chi connectivity index (χ1) is 8.25. The van der Waals surface area contributed by atoms with Gasteiger partial charge in [-0.3, -0.25) is 0 Å². The summed E-state index contributed by atoms with van der Waals surface area (Å²) in [5.41, 5.74) is 11.0. The Morgan fingerprint density at radius 1 is 1.35 bits per heavy atom. The van der Waals surface area contributed by atoms with Crippen LogP contribution < -0.4 is 5.73 Å². The van der Waals surface area contributed by atoms with Crippen molar-refractivity contribution in [3.8, 4) is 11.3 Å². The fraction of sp³-hybridized carbons (Fsp3) is 0.357. The van der Waals surface area contributed by atoms with Gasteiger partial charge in [0.15, 0.2) is 0 Å². The van der Waals surface area contributed by atoms with Crippen molar-refractivity contribution in [2.45, 2.75) is 32.4 Å². The van der Waals surface area contributed by atoms with E-state index in [-0.39, 0.29) is 6.04 Å². The van der Waals surface area contributed by atoms with Crippen LogP contribution in [0.3, 0.4) is 0 Å². The van der Waals surface area contributed by atoms with E-state index >= 15 is 0 Å². The highest BCUT2D eigenvalue weighted by atomic mass is 15.1. The lowest BCUT2D eigenvalue weighted by molar-refractivity contribution is 0.472. The van der Waals surface area contributed by atoms with Crippen LogP contribution in [0.2, 0.25) is 0 Å². The number of aryl methyl sites for hydroxylation is 2. The van der Waals surface area contributed by atoms with E-state index in [0.29, 0.717) is 0 Å². The van der Waals surface area contributed by atoms with Gasteiger partial charge in [0.25, 0.3) is 0 Å². The van der Waals surface area contributed by atoms with Crippen LogP contribution in [0.15, 0.2) is 30.6 Å². The molecule has 1 aliphatic heterocycles. The molecule has 0 spiro atoms. The van der Waals surface area contributed by atoms with Crippen molar-refractivity contribution in [2.75, 3.05) is 0 Å². The van der Waals surface area contributed by atoms with E-state index in [1.807, 2.05) is 6.33 Å². The molecule has 1 unspecified atom stereocenters. The first-order valence-electron chi connectivity index (χ1n) is 6.11. The molecular weight excluding hydrogens is 210 g/mol. The Morgan fingerprint density at radius 3 is 3.00 bits per heavy atom. The Balaban J connectivity index is 2.11. The fourth-order valence-electron chi connectivity index (χ4n) is 2.53. The van der Waals surface area contributed by atoms with Gasteiger partial charge < -0.3 is 10.3 Å². The van der Waals surface area contributed by atoms with Gasteiger partial charge in [0, 0.05) is 30.3 Å². The Labute approximate surface area is 101 Å². The lowest BCUT2D eigenvalue weighted by atomic mass is 9.98. The van der Waals surface area contributed by atoms with Crippen LogP contribution >= 0.6 is 0 Å². The lowest BCUT2D eigenvalue weighted by Crippen LogP contribution is -2.30. The summed E-state index contributed by atoms with van der Waals surface area (Å²) >= 11 is 0. The highest BCUT2D eigenvalue weighted by molar-refractivity contribution is 5.66. The van der Waals surface area contributed by atoms with E-state index in [1.54, 1.807) is 0 Å². The third-order valence-corrected chi connectivity index (χ3v) is 3.54. The second-order valence-electron chi connectivity index (χ2n) is 4.80. The molecule has 0 amide bonds. The normalized spacial score (nSPS) is 19.1. The number of fused-ring (bicyclic) bond motifs is 1. The van der Waals surface area contributed by atoms with E-state index in [2.05, 4.69) is 40.7 Å². The maximum atomic E-state index is 6.05. The minimum atomic E-state index is 0.280. The van der Waals surface area contributed by atoms with E-state index in [0.717, 1.165) is 25.1 Å². The molecule has 2 heterocycles. The second kappa shape index (κ2) is 4.00. The molecule has 0 aliphatic carbocycles. The third kappa shape index (κ3) is 1.76. The number of imidazole rings is 1. The van der Waals surface area contributed by atoms with Crippen LogP contribution in [0.1, 0.15) is 17.7 Å². The molecule has 1 atom stereocenters. The zero-order valence-electron chi connectivity index (χ0n) is 10.1. The summed E-state index contributed by atoms with van der Waals surface area (Å²) < 4.78 is 2.24. The maximum Gasteiger partial charge on any atom is 0.0956 e. The molecule has 3 nitrogen and oxygen atoms in total. The Morgan fingerprint density at radius 2 is 2.18 bits per heavy atom. The first kappa shape index (κ1) is 10.5. The minimum Gasteiger partial charge on any atom is -0.334 e. The van der Waals surface area contributed by atoms with Gasteiger partial charge in [-0.25, -0.2) is 4.98 Å². The van der Waals surface area contributed by atoms with E-state index in [4.69, 9.17) is 5.73 Å². The molecule has 1 aromatic heterocycles. The van der Waals surface area contributed by atoms with Gasteiger partial charge in [-0.1, -0.05) is 24.3 Å². The standard InChI is InChI=1S/C14H17N3/c1-10-4-2-3-5-12(10)14-13-8-11(15)6-7-17(13)9-16-14/h2-5,9,11H,6-8,15H2,1H3. The van der Waals surface area contributed by atoms with Crippen LogP contribution in [0.5, 0.6) is 0 Å². The smallest absolute Gasteiger partial charge is 0.0956 e. The molecule has 17 heavy (non-hydrogen) atoms. The van der Waals surface area contributed by atoms with Crippen LogP contribution in [0.25, 0.3) is 11.3 Å². The zero-order valence-corrected chi connectivity index (χ0v) is 10.1. The number of hydrogen-bond acceptors (Lipinski definition) is 2. The van der Waals surface area contributed by atoms with Crippen LogP contribution in [-0.4, -0.2) is 15.6 Å². The Kier molecular flexibility index (Phi) is 2.48. The van der Waals surface area contributed by atoms with Gasteiger partial charge in [-0.15, -0.1) is 0 Å². The van der Waals surface area contributed by atoms with Crippen molar-refractivity contribution in [1.82, 2.24) is 9.55 Å². The van der Waals surface area contributed by atoms with Crippen LogP contribution in [-0.2, 0) is 13.0 Å². The number of hydrogen-bond donors (Lipinski definition) is 1. The van der Waals surface area contributed by atoms with Crippen LogP contribution in [0, 0.1) is 6.92 Å². The summed E-state index contributed by atoms with van der Waals surface area (Å²) in [5, 5.41) is 0. The number of rotatable bonds is 1. The van der Waals surface area contributed by atoms with Gasteiger partial charge in [0.1, 0.15) is 0 Å². The average molecular weight is 227 g/mol. The third-order valence-electron chi connectivity index (χ3n) is 3.54. The largest absolute Gasteiger partial charge is 0.334 e. The second-order valence-corrected chi connectivity index (χ2v) is 4.80. The fourth-order valence-corrected chi connectivity index (χ4v) is 2.53. The van der Waals surface area contributed by atoms with Crippen LogP contribution in [0.4, 0.5) is 0 Å². The SMILES string of the molecule is Cc1ccccc1-c1ncn2c1CC(N)CC2. The molecule has 88 valence electrons. The molecule has 3 rings (SSSR count). The molecule has 0 bridgehead atoms. The van der Waals surface area contributed by atoms with E-state index in [1.165, 1.54) is 16.8 Å². The highest BCUT2D eigenvalue weighted by Crippen LogP contribution is 2.28. The predicted octanol–water partition coefficient (Wildman–Crippen LogP) is 2.13. The van der Waals surface area contributed by atoms with Crippen molar-refractivity contribution in [3.05, 3.63) is 41.9 Å². The lowest BCUT2D eigenvalue weighted by Gasteiger charge is -2.21. The van der Waals surface area contributed by atoms with E-state index < -0.39 is 0 Å². The highest BCUT2D eigenvalue weighted by Gasteiger charge is 2.20. The molecule has 3 heteroatoms. The van der Waals surface area contributed by atoms with Crippen molar-refractivity contribution >= 4 is 0 Å². The molecule has 2 aromatic rings. The van der Waals surface area contributed by atoms with Gasteiger partial charge in [-0.2, -0.15) is 0 Å². The molecule has 1 aromatic carbocycles. The summed E-state index contributed by atoms with van der Waals surface area (Å²) in [6.07, 6.45) is 3.93. The summed E-state index contributed by atoms with van der Waals surface area (Å²) in [6, 6.07) is 8.67. The van der Waals surface area contributed by atoms with Gasteiger partial charge in [0.05, 0.1) is 12.0 Å². The minimum absolute atomic E-state index is 0.280. The number of nitrogens with zero attached hydrogens (tertiary/aromatic N) is 2. The van der Waals surface area contributed by atoms with Crippen molar-refractivity contribution in [1.29, 1.82) is 0 Å². The molecule has 0 saturated heterocycles. The number of nitrogens with two attached hydrogens (primary N) is 1. The topological polar surface area (TPSA) is 43.8 Å². The Bertz CT molecular complexity index is 542. The van der Waals surface area contributed by atoms with Gasteiger partial charge in [-0.05, 0) is 18.9 Å². The quantitative estimate of drug-likeness (QED) is 0.811. The van der Waals surface area contributed by atoms with Crippen molar-refractivity contribution in [2.24, 2.45) is 5.73 Å². The Hall–Kier alpha value is -1.61. The average Bonchev–Trinajstić information content (AvgIpc) is 2.72. The summed E-state index contributed by atoms with van der Waals surface area (Å²) in [7, 11) is 0. The predicted molar refractivity (Wildman–Crippen MR) is 68.7 cm³/mol. The number of benzene rings is 1. The van der Waals surface area contributed by atoms with Crippen molar-refractivity contribution < 1.29 is 0 Å². The first-order valence-corrected chi connectivity index (χ1v) is 6.11. The summed E-state index contributed by atoms with van der Waals surface area (Å²) in [5.74, 6) is 0. The summed E-state index contributed by atoms with van der Waals surface area (Å²) in [6.45, 7) is 3.12. The molecule has 1 aliphatic rings. The monoisotopic (exact) mass is 227 g/mol.